The summed E-state index contributed by atoms with van der Waals surface area (Å²) in [5.41, 5.74) is 0.820. The number of benzene rings is 1. The molecule has 2 atom stereocenters. The van der Waals surface area contributed by atoms with Gasteiger partial charge in [0.2, 0.25) is 5.91 Å². The standard InChI is InChI=1S/C20H24ClN3O2/c21-17-6-2-1-5-16(17)18-13-22-20(26-18)8-7-19(25)23-14-9-11-24-10-3-4-15(24)12-14/h1-2,5-6,13-15H,3-4,7-12H2,(H,23,25)/t14-,15+/m0/s1. The van der Waals surface area contributed by atoms with Crippen molar-refractivity contribution in [1.82, 2.24) is 15.2 Å². The zero-order valence-corrected chi connectivity index (χ0v) is 15.5. The molecule has 138 valence electrons. The molecule has 0 saturated carbocycles. The molecular formula is C20H24ClN3O2. The summed E-state index contributed by atoms with van der Waals surface area (Å²) in [6, 6.07) is 8.48. The van der Waals surface area contributed by atoms with Gasteiger partial charge in [0.05, 0.1) is 11.2 Å². The molecule has 0 spiro atoms. The van der Waals surface area contributed by atoms with Crippen molar-refractivity contribution in [1.29, 1.82) is 0 Å². The van der Waals surface area contributed by atoms with E-state index in [1.807, 2.05) is 24.3 Å². The van der Waals surface area contributed by atoms with Crippen LogP contribution >= 0.6 is 11.6 Å². The highest BCUT2D eigenvalue weighted by molar-refractivity contribution is 6.33. The predicted molar refractivity (Wildman–Crippen MR) is 101 cm³/mol. The van der Waals surface area contributed by atoms with Crippen molar-refractivity contribution in [3.05, 3.63) is 41.4 Å². The molecule has 2 fully saturated rings. The smallest absolute Gasteiger partial charge is 0.220 e. The van der Waals surface area contributed by atoms with E-state index >= 15 is 0 Å². The van der Waals surface area contributed by atoms with E-state index in [1.165, 1.54) is 19.4 Å². The van der Waals surface area contributed by atoms with E-state index in [1.54, 1.807) is 6.20 Å². The number of amides is 1. The zero-order chi connectivity index (χ0) is 17.9. The summed E-state index contributed by atoms with van der Waals surface area (Å²) in [4.78, 5) is 19.1. The Kier molecular flexibility index (Phi) is 5.27. The van der Waals surface area contributed by atoms with Gasteiger partial charge in [-0.15, -0.1) is 0 Å². The number of hydrogen-bond donors (Lipinski definition) is 1. The fourth-order valence-corrected chi connectivity index (χ4v) is 4.32. The molecular weight excluding hydrogens is 350 g/mol. The minimum Gasteiger partial charge on any atom is -0.441 e. The van der Waals surface area contributed by atoms with Gasteiger partial charge in [0.1, 0.15) is 0 Å². The van der Waals surface area contributed by atoms with Gasteiger partial charge < -0.3 is 14.6 Å². The third-order valence-corrected chi connectivity index (χ3v) is 5.77. The molecule has 6 heteroatoms. The lowest BCUT2D eigenvalue weighted by Gasteiger charge is -2.35. The van der Waals surface area contributed by atoms with Crippen molar-refractivity contribution in [3.63, 3.8) is 0 Å². The maximum absolute atomic E-state index is 12.3. The molecule has 1 aromatic heterocycles. The number of nitrogens with one attached hydrogen (secondary N) is 1. The number of aromatic nitrogens is 1. The van der Waals surface area contributed by atoms with Gasteiger partial charge in [0.15, 0.2) is 11.7 Å². The Morgan fingerprint density at radius 3 is 3.08 bits per heavy atom. The molecule has 5 nitrogen and oxygen atoms in total. The fourth-order valence-electron chi connectivity index (χ4n) is 4.09. The lowest BCUT2D eigenvalue weighted by atomic mass is 9.97. The molecule has 3 heterocycles. The van der Waals surface area contributed by atoms with Crippen molar-refractivity contribution in [2.75, 3.05) is 13.1 Å². The Morgan fingerprint density at radius 2 is 2.19 bits per heavy atom. The average Bonchev–Trinajstić information content (AvgIpc) is 3.29. The summed E-state index contributed by atoms with van der Waals surface area (Å²) in [6.07, 6.45) is 7.27. The summed E-state index contributed by atoms with van der Waals surface area (Å²) < 4.78 is 5.77. The molecule has 2 aliphatic rings. The molecule has 0 radical (unpaired) electrons. The number of rotatable bonds is 5. The second kappa shape index (κ2) is 7.80. The molecule has 1 amide bonds. The SMILES string of the molecule is O=C(CCc1ncc(-c2ccccc2Cl)o1)N[C@H]1CCN2CCC[C@@H]2C1. The molecule has 4 rings (SSSR count). The number of halogens is 1. The topological polar surface area (TPSA) is 58.4 Å². The number of nitrogens with zero attached hydrogens (tertiary/aromatic N) is 2. The van der Waals surface area contributed by atoms with Crippen LogP contribution in [-0.2, 0) is 11.2 Å². The van der Waals surface area contributed by atoms with E-state index in [9.17, 15) is 4.79 Å². The molecule has 0 aliphatic carbocycles. The van der Waals surface area contributed by atoms with E-state index in [-0.39, 0.29) is 5.91 Å². The van der Waals surface area contributed by atoms with E-state index in [0.29, 0.717) is 41.6 Å². The molecule has 2 saturated heterocycles. The lowest BCUT2D eigenvalue weighted by molar-refractivity contribution is -0.122. The van der Waals surface area contributed by atoms with Crippen molar-refractivity contribution in [2.45, 2.75) is 50.6 Å². The molecule has 0 unspecified atom stereocenters. The number of carbonyl (C=O) groups excluding carboxylic acids is 1. The maximum Gasteiger partial charge on any atom is 0.220 e. The Labute approximate surface area is 158 Å². The van der Waals surface area contributed by atoms with Crippen LogP contribution < -0.4 is 5.32 Å². The van der Waals surface area contributed by atoms with Crippen molar-refractivity contribution in [2.24, 2.45) is 0 Å². The Bertz CT molecular complexity index is 776. The van der Waals surface area contributed by atoms with Gasteiger partial charge in [0, 0.05) is 37.0 Å². The summed E-state index contributed by atoms with van der Waals surface area (Å²) in [5.74, 6) is 1.29. The molecule has 1 N–H and O–H groups in total. The first-order chi connectivity index (χ1) is 12.7. The average molecular weight is 374 g/mol. The van der Waals surface area contributed by atoms with Crippen molar-refractivity contribution in [3.8, 4) is 11.3 Å². The lowest BCUT2D eigenvalue weighted by Crippen LogP contribution is -2.47. The van der Waals surface area contributed by atoms with Crippen molar-refractivity contribution >= 4 is 17.5 Å². The van der Waals surface area contributed by atoms with Gasteiger partial charge in [-0.25, -0.2) is 4.98 Å². The van der Waals surface area contributed by atoms with Crippen LogP contribution in [0.3, 0.4) is 0 Å². The first-order valence-corrected chi connectivity index (χ1v) is 9.80. The normalized spacial score (nSPS) is 23.0. The second-order valence-electron chi connectivity index (χ2n) is 7.22. The minimum absolute atomic E-state index is 0.0824. The van der Waals surface area contributed by atoms with Crippen LogP contribution in [-0.4, -0.2) is 41.0 Å². The summed E-state index contributed by atoms with van der Waals surface area (Å²) >= 11 is 6.19. The van der Waals surface area contributed by atoms with Gasteiger partial charge in [-0.3, -0.25) is 4.79 Å². The second-order valence-corrected chi connectivity index (χ2v) is 7.63. The quantitative estimate of drug-likeness (QED) is 0.868. The van der Waals surface area contributed by atoms with Crippen LogP contribution in [0.5, 0.6) is 0 Å². The molecule has 2 aliphatic heterocycles. The van der Waals surface area contributed by atoms with E-state index in [4.69, 9.17) is 16.0 Å². The summed E-state index contributed by atoms with van der Waals surface area (Å²) in [5, 5.41) is 3.82. The largest absolute Gasteiger partial charge is 0.441 e. The van der Waals surface area contributed by atoms with Gasteiger partial charge in [-0.1, -0.05) is 23.7 Å². The van der Waals surface area contributed by atoms with Crippen LogP contribution in [0, 0.1) is 0 Å². The van der Waals surface area contributed by atoms with E-state index in [2.05, 4.69) is 15.2 Å². The molecule has 1 aromatic carbocycles. The van der Waals surface area contributed by atoms with Gasteiger partial charge in [-0.2, -0.15) is 0 Å². The van der Waals surface area contributed by atoms with Gasteiger partial charge >= 0.3 is 0 Å². The predicted octanol–water partition coefficient (Wildman–Crippen LogP) is 3.67. The highest BCUT2D eigenvalue weighted by Gasteiger charge is 2.32. The number of piperidine rings is 1. The monoisotopic (exact) mass is 373 g/mol. The van der Waals surface area contributed by atoms with E-state index < -0.39 is 0 Å². The van der Waals surface area contributed by atoms with Gasteiger partial charge in [0.25, 0.3) is 0 Å². The van der Waals surface area contributed by atoms with Crippen LogP contribution in [0.25, 0.3) is 11.3 Å². The maximum atomic E-state index is 12.3. The Hall–Kier alpha value is -1.85. The Balaban J connectivity index is 1.28. The summed E-state index contributed by atoms with van der Waals surface area (Å²) in [6.45, 7) is 2.33. The first-order valence-electron chi connectivity index (χ1n) is 9.42. The third kappa shape index (κ3) is 3.94. The number of carbonyl (C=O) groups is 1. The number of oxazole rings is 1. The van der Waals surface area contributed by atoms with Crippen LogP contribution in [0.1, 0.15) is 38.0 Å². The minimum atomic E-state index is 0.0824. The molecule has 0 bridgehead atoms. The van der Waals surface area contributed by atoms with Crippen LogP contribution in [0.2, 0.25) is 5.02 Å². The van der Waals surface area contributed by atoms with Crippen LogP contribution in [0.4, 0.5) is 0 Å². The first kappa shape index (κ1) is 17.6. The van der Waals surface area contributed by atoms with Crippen molar-refractivity contribution < 1.29 is 9.21 Å². The Morgan fingerprint density at radius 1 is 1.31 bits per heavy atom. The summed E-state index contributed by atoms with van der Waals surface area (Å²) in [7, 11) is 0. The fraction of sp³-hybridized carbons (Fsp3) is 0.500. The molecule has 26 heavy (non-hydrogen) atoms. The van der Waals surface area contributed by atoms with Gasteiger partial charge in [-0.05, 0) is 44.4 Å². The number of fused-ring (bicyclic) bond motifs is 1. The highest BCUT2D eigenvalue weighted by atomic mass is 35.5. The molecule has 2 aromatic rings. The highest BCUT2D eigenvalue weighted by Crippen LogP contribution is 2.28. The number of hydrogen-bond acceptors (Lipinski definition) is 4. The van der Waals surface area contributed by atoms with Crippen LogP contribution in [0.15, 0.2) is 34.9 Å². The third-order valence-electron chi connectivity index (χ3n) is 5.44. The zero-order valence-electron chi connectivity index (χ0n) is 14.8. The number of aryl methyl sites for hydroxylation is 1. The van der Waals surface area contributed by atoms with E-state index in [0.717, 1.165) is 24.9 Å².